The van der Waals surface area contributed by atoms with Gasteiger partial charge in [-0.3, -0.25) is 4.98 Å². The van der Waals surface area contributed by atoms with E-state index >= 15 is 0 Å². The largest absolute Gasteiger partial charge is 0.256 e. The van der Waals surface area contributed by atoms with Gasteiger partial charge >= 0.3 is 0 Å². The molecule has 9 rings (SSSR count). The summed E-state index contributed by atoms with van der Waals surface area (Å²) in [5, 5.41) is 0. The molecule has 2 heterocycles. The van der Waals surface area contributed by atoms with Crippen molar-refractivity contribution in [3.8, 4) is 11.1 Å². The van der Waals surface area contributed by atoms with Gasteiger partial charge in [-0.1, -0.05) is 90.6 Å². The molecule has 1 aromatic carbocycles. The van der Waals surface area contributed by atoms with Crippen LogP contribution < -0.4 is 0 Å². The van der Waals surface area contributed by atoms with Gasteiger partial charge in [0.25, 0.3) is 0 Å². The van der Waals surface area contributed by atoms with Crippen LogP contribution in [0.4, 0.5) is 0 Å². The second kappa shape index (κ2) is 16.5. The van der Waals surface area contributed by atoms with Crippen molar-refractivity contribution < 1.29 is 0 Å². The summed E-state index contributed by atoms with van der Waals surface area (Å²) in [6, 6.07) is 13.3. The lowest BCUT2D eigenvalue weighted by Crippen LogP contribution is -2.18. The summed E-state index contributed by atoms with van der Waals surface area (Å²) in [7, 11) is 0. The van der Waals surface area contributed by atoms with Crippen molar-refractivity contribution in [2.75, 3.05) is 0 Å². The van der Waals surface area contributed by atoms with Gasteiger partial charge in [-0.05, 0) is 167 Å². The Balaban J connectivity index is 0.927. The van der Waals surface area contributed by atoms with Crippen molar-refractivity contribution in [2.24, 2.45) is 11.8 Å². The Kier molecular flexibility index (Phi) is 10.8. The average molecular weight is 713 g/mol. The highest BCUT2D eigenvalue weighted by atomic mass is 15.0. The number of benzene rings is 1. The summed E-state index contributed by atoms with van der Waals surface area (Å²) >= 11 is 0. The topological polar surface area (TPSA) is 51.6 Å². The molecule has 0 bridgehead atoms. The van der Waals surface area contributed by atoms with Crippen molar-refractivity contribution in [3.05, 3.63) is 137 Å². The van der Waals surface area contributed by atoms with E-state index in [-0.39, 0.29) is 5.92 Å². The molecule has 2 unspecified atom stereocenters. The predicted octanol–water partition coefficient (Wildman–Crippen LogP) is 13.3. The Hall–Kier alpha value is -4.44. The Bertz CT molecular complexity index is 2050. The highest BCUT2D eigenvalue weighted by Crippen LogP contribution is 2.45. The first-order valence-electron chi connectivity index (χ1n) is 21.4. The molecule has 3 aromatic rings. The van der Waals surface area contributed by atoms with Gasteiger partial charge in [0.1, 0.15) is 5.82 Å². The van der Waals surface area contributed by atoms with E-state index < -0.39 is 0 Å². The quantitative estimate of drug-likeness (QED) is 0.218. The molecule has 1 saturated carbocycles. The first-order chi connectivity index (χ1) is 26.7. The lowest BCUT2D eigenvalue weighted by molar-refractivity contribution is 0.356. The number of nitrogens with zero attached hydrogens (tertiary/aromatic N) is 4. The minimum Gasteiger partial charge on any atom is -0.256 e. The molecule has 0 N–H and O–H groups in total. The van der Waals surface area contributed by atoms with Crippen LogP contribution in [0.3, 0.4) is 0 Å². The Labute approximate surface area is 323 Å². The highest BCUT2D eigenvalue weighted by Gasteiger charge is 2.29. The van der Waals surface area contributed by atoms with Crippen molar-refractivity contribution in [1.29, 1.82) is 0 Å². The maximum absolute atomic E-state index is 5.22. The monoisotopic (exact) mass is 712 g/mol. The summed E-state index contributed by atoms with van der Waals surface area (Å²) in [4.78, 5) is 20.7. The minimum absolute atomic E-state index is 0.204. The molecule has 0 radical (unpaired) electrons. The molecule has 4 nitrogen and oxygen atoms in total. The third kappa shape index (κ3) is 7.86. The first-order valence-corrected chi connectivity index (χ1v) is 21.4. The zero-order valence-corrected chi connectivity index (χ0v) is 32.1. The average Bonchev–Trinajstić information content (AvgIpc) is 3.27. The van der Waals surface area contributed by atoms with Crippen molar-refractivity contribution in [2.45, 2.75) is 127 Å². The second-order valence-electron chi connectivity index (χ2n) is 16.7. The van der Waals surface area contributed by atoms with E-state index in [1.54, 1.807) is 5.57 Å². The number of aromatic nitrogens is 4. The van der Waals surface area contributed by atoms with Crippen LogP contribution in [0.2, 0.25) is 0 Å². The van der Waals surface area contributed by atoms with Gasteiger partial charge in [-0.25, -0.2) is 15.0 Å². The smallest absolute Gasteiger partial charge is 0.159 e. The summed E-state index contributed by atoms with van der Waals surface area (Å²) in [6.45, 7) is 0. The van der Waals surface area contributed by atoms with Gasteiger partial charge in [-0.2, -0.15) is 0 Å². The molecule has 0 saturated heterocycles. The summed E-state index contributed by atoms with van der Waals surface area (Å²) in [5.41, 5.74) is 12.4. The molecule has 0 spiro atoms. The van der Waals surface area contributed by atoms with Crippen LogP contribution in [-0.4, -0.2) is 19.9 Å². The van der Waals surface area contributed by atoms with Crippen LogP contribution in [0.1, 0.15) is 156 Å². The molecule has 6 aliphatic rings. The van der Waals surface area contributed by atoms with E-state index in [9.17, 15) is 0 Å². The van der Waals surface area contributed by atoms with Crippen molar-refractivity contribution in [1.82, 2.24) is 19.9 Å². The number of hydrogen-bond donors (Lipinski definition) is 0. The maximum atomic E-state index is 5.22. The zero-order chi connectivity index (χ0) is 36.1. The SMILES string of the molecule is C1=CC(C2=CCC(c3nc(C4=CCCCC4)nc(C4=CC=C(C5CCC(c6cc(-c7ccccc7)cnc6C6=CCCCC6)CC5)CC4)n3)C=C2)CCC1. The normalized spacial score (nSPS) is 26.0. The van der Waals surface area contributed by atoms with Crippen LogP contribution in [-0.2, 0) is 0 Å². The molecule has 54 heavy (non-hydrogen) atoms. The fraction of sp³-hybridized carbons (Fsp3) is 0.440. The van der Waals surface area contributed by atoms with E-state index in [0.717, 1.165) is 56.0 Å². The highest BCUT2D eigenvalue weighted by molar-refractivity contribution is 5.71. The first kappa shape index (κ1) is 35.3. The lowest BCUT2D eigenvalue weighted by Gasteiger charge is -2.33. The van der Waals surface area contributed by atoms with Gasteiger partial charge in [0, 0.05) is 23.6 Å². The van der Waals surface area contributed by atoms with Crippen LogP contribution >= 0.6 is 0 Å². The van der Waals surface area contributed by atoms with Gasteiger partial charge in [0.05, 0.1) is 5.69 Å². The molecule has 276 valence electrons. The standard InChI is InChI=1S/C50H56N4/c1-5-13-35(14-6-1)37-23-29-43(30-24-37)49-52-48(42-19-11-4-12-20-42)53-50(54-49)44-31-25-39(26-32-44)38-21-27-40(28-22-38)46-33-45(36-15-7-2-8-16-36)34-51-47(46)41-17-9-3-10-18-41/h2,5,7-8,13,15-17,19,23-25,29,31,33-35,38,40,43H,1,3-4,6,9-12,14,18,20-22,26-28,30,32H2. The van der Waals surface area contributed by atoms with E-state index in [2.05, 4.69) is 97.3 Å². The molecule has 0 amide bonds. The second-order valence-corrected chi connectivity index (χ2v) is 16.7. The van der Waals surface area contributed by atoms with E-state index in [0.29, 0.717) is 17.8 Å². The van der Waals surface area contributed by atoms with Gasteiger partial charge in [0.15, 0.2) is 11.6 Å². The fourth-order valence-corrected chi connectivity index (χ4v) is 9.94. The van der Waals surface area contributed by atoms with E-state index in [1.165, 1.54) is 122 Å². The summed E-state index contributed by atoms with van der Waals surface area (Å²) in [6.07, 6.45) is 45.1. The van der Waals surface area contributed by atoms with Crippen molar-refractivity contribution in [3.63, 3.8) is 0 Å². The number of rotatable bonds is 8. The Morgan fingerprint density at radius 1 is 0.574 bits per heavy atom. The molecule has 2 aromatic heterocycles. The van der Waals surface area contributed by atoms with Crippen LogP contribution in [0.25, 0.3) is 27.8 Å². The molecule has 6 aliphatic carbocycles. The third-order valence-corrected chi connectivity index (χ3v) is 13.2. The maximum Gasteiger partial charge on any atom is 0.159 e. The Morgan fingerprint density at radius 3 is 2.04 bits per heavy atom. The van der Waals surface area contributed by atoms with E-state index in [4.69, 9.17) is 19.9 Å². The number of hydrogen-bond acceptors (Lipinski definition) is 4. The van der Waals surface area contributed by atoms with Crippen LogP contribution in [0, 0.1) is 11.8 Å². The van der Waals surface area contributed by atoms with Gasteiger partial charge < -0.3 is 0 Å². The van der Waals surface area contributed by atoms with Gasteiger partial charge in [-0.15, -0.1) is 0 Å². The number of pyridine rings is 1. The van der Waals surface area contributed by atoms with Crippen molar-refractivity contribution >= 4 is 16.7 Å². The molecule has 2 atom stereocenters. The zero-order valence-electron chi connectivity index (χ0n) is 32.1. The van der Waals surface area contributed by atoms with Crippen LogP contribution in [0.5, 0.6) is 0 Å². The molecule has 1 fully saturated rings. The molecular formula is C50H56N4. The minimum atomic E-state index is 0.204. The lowest BCUT2D eigenvalue weighted by atomic mass is 9.73. The fourth-order valence-electron chi connectivity index (χ4n) is 9.94. The van der Waals surface area contributed by atoms with Crippen LogP contribution in [0.15, 0.2) is 108 Å². The van der Waals surface area contributed by atoms with E-state index in [1.807, 2.05) is 0 Å². The summed E-state index contributed by atoms with van der Waals surface area (Å²) < 4.78 is 0. The molecule has 4 heteroatoms. The Morgan fingerprint density at radius 2 is 1.35 bits per heavy atom. The molecular weight excluding hydrogens is 657 g/mol. The predicted molar refractivity (Wildman–Crippen MR) is 223 cm³/mol. The molecule has 0 aliphatic heterocycles. The summed E-state index contributed by atoms with van der Waals surface area (Å²) in [5.74, 6) is 4.75. The van der Waals surface area contributed by atoms with Gasteiger partial charge in [0.2, 0.25) is 0 Å². The number of allylic oxidation sites excluding steroid dienone is 14. The third-order valence-electron chi connectivity index (χ3n) is 13.2.